The summed E-state index contributed by atoms with van der Waals surface area (Å²) in [5.74, 6) is -1.68. The van der Waals surface area contributed by atoms with Crippen molar-refractivity contribution in [3.05, 3.63) is 22.5 Å². The molecule has 2 heterocycles. The molecule has 0 radical (unpaired) electrons. The molecule has 1 fully saturated rings. The van der Waals surface area contributed by atoms with Crippen LogP contribution in [0.15, 0.2) is 0 Å². The van der Waals surface area contributed by atoms with Gasteiger partial charge >= 0.3 is 5.97 Å². The summed E-state index contributed by atoms with van der Waals surface area (Å²) in [5, 5.41) is 9.04. The lowest BCUT2D eigenvalue weighted by Gasteiger charge is -2.31. The van der Waals surface area contributed by atoms with Crippen molar-refractivity contribution in [3.8, 4) is 0 Å². The van der Waals surface area contributed by atoms with Gasteiger partial charge in [-0.2, -0.15) is 0 Å². The van der Waals surface area contributed by atoms with Crippen LogP contribution in [0, 0.1) is 12.8 Å². The SMILES string of the molecule is Cc1c(C(=O)N(C)CC(=O)N2CCC(C(=O)O)CC2)[nH]c2c1C(=O)CCC2. The number of aryl methyl sites for hydroxylation is 1. The molecule has 8 heteroatoms. The quantitative estimate of drug-likeness (QED) is 0.822. The molecule has 0 unspecified atom stereocenters. The molecule has 0 atom stereocenters. The van der Waals surface area contributed by atoms with E-state index in [9.17, 15) is 19.2 Å². The molecule has 3 rings (SSSR count). The fourth-order valence-corrected chi connectivity index (χ4v) is 3.93. The average molecular weight is 375 g/mol. The highest BCUT2D eigenvalue weighted by atomic mass is 16.4. The third-order valence-corrected chi connectivity index (χ3v) is 5.57. The molecule has 8 nitrogen and oxygen atoms in total. The lowest BCUT2D eigenvalue weighted by molar-refractivity contribution is -0.145. The maximum Gasteiger partial charge on any atom is 0.306 e. The number of carboxylic acids is 1. The maximum absolute atomic E-state index is 12.8. The summed E-state index contributed by atoms with van der Waals surface area (Å²) < 4.78 is 0. The van der Waals surface area contributed by atoms with Gasteiger partial charge in [0.05, 0.1) is 12.5 Å². The standard InChI is InChI=1S/C19H25N3O5/c1-11-16-13(4-3-5-14(16)23)20-17(11)18(25)21(2)10-15(24)22-8-6-12(7-9-22)19(26)27/h12,20H,3-10H2,1-2H3,(H,26,27). The van der Waals surface area contributed by atoms with E-state index in [4.69, 9.17) is 5.11 Å². The smallest absolute Gasteiger partial charge is 0.306 e. The van der Waals surface area contributed by atoms with Crippen LogP contribution in [0.4, 0.5) is 0 Å². The van der Waals surface area contributed by atoms with E-state index < -0.39 is 11.9 Å². The number of likely N-dealkylation sites (N-methyl/N-ethyl adjacent to an activating group) is 1. The van der Waals surface area contributed by atoms with Crippen molar-refractivity contribution in [1.82, 2.24) is 14.8 Å². The van der Waals surface area contributed by atoms with Crippen molar-refractivity contribution in [1.29, 1.82) is 0 Å². The van der Waals surface area contributed by atoms with Gasteiger partial charge in [0.1, 0.15) is 5.69 Å². The molecule has 0 spiro atoms. The van der Waals surface area contributed by atoms with Crippen LogP contribution in [-0.2, 0) is 16.0 Å². The van der Waals surface area contributed by atoms with Crippen LogP contribution in [0.5, 0.6) is 0 Å². The molecule has 1 aliphatic heterocycles. The normalized spacial score (nSPS) is 17.6. The van der Waals surface area contributed by atoms with E-state index in [1.165, 1.54) is 4.90 Å². The van der Waals surface area contributed by atoms with Crippen molar-refractivity contribution >= 4 is 23.6 Å². The molecule has 2 amide bonds. The highest BCUT2D eigenvalue weighted by Gasteiger charge is 2.30. The van der Waals surface area contributed by atoms with E-state index >= 15 is 0 Å². The predicted octanol–water partition coefficient (Wildman–Crippen LogP) is 1.24. The Hall–Kier alpha value is -2.64. The number of hydrogen-bond acceptors (Lipinski definition) is 4. The number of amides is 2. The van der Waals surface area contributed by atoms with Gasteiger partial charge in [0.2, 0.25) is 5.91 Å². The molecular weight excluding hydrogens is 350 g/mol. The topological polar surface area (TPSA) is 111 Å². The molecule has 146 valence electrons. The molecule has 1 saturated heterocycles. The van der Waals surface area contributed by atoms with Gasteiger partial charge in [0, 0.05) is 37.8 Å². The van der Waals surface area contributed by atoms with Crippen LogP contribution in [0.2, 0.25) is 0 Å². The van der Waals surface area contributed by atoms with Crippen LogP contribution >= 0.6 is 0 Å². The fraction of sp³-hybridized carbons (Fsp3) is 0.579. The minimum atomic E-state index is -0.824. The van der Waals surface area contributed by atoms with E-state index in [-0.39, 0.29) is 24.1 Å². The van der Waals surface area contributed by atoms with Gasteiger partial charge in [-0.1, -0.05) is 0 Å². The van der Waals surface area contributed by atoms with Crippen molar-refractivity contribution < 1.29 is 24.3 Å². The van der Waals surface area contributed by atoms with Crippen LogP contribution < -0.4 is 0 Å². The van der Waals surface area contributed by atoms with E-state index in [2.05, 4.69) is 4.98 Å². The number of nitrogens with zero attached hydrogens (tertiary/aromatic N) is 2. The molecule has 0 bridgehead atoms. The number of fused-ring (bicyclic) bond motifs is 1. The Kier molecular flexibility index (Phi) is 5.34. The summed E-state index contributed by atoms with van der Waals surface area (Å²) in [7, 11) is 1.56. The van der Waals surface area contributed by atoms with Gasteiger partial charge < -0.3 is 19.9 Å². The van der Waals surface area contributed by atoms with Gasteiger partial charge in [-0.25, -0.2) is 0 Å². The first-order chi connectivity index (χ1) is 12.8. The molecular formula is C19H25N3O5. The Morgan fingerprint density at radius 2 is 1.89 bits per heavy atom. The number of hydrogen-bond donors (Lipinski definition) is 2. The number of aromatic amines is 1. The Morgan fingerprint density at radius 1 is 1.22 bits per heavy atom. The number of Topliss-reactive ketones (excluding diaryl/α,β-unsaturated/α-hetero) is 1. The number of nitrogens with one attached hydrogen (secondary N) is 1. The molecule has 0 aromatic carbocycles. The largest absolute Gasteiger partial charge is 0.481 e. The molecule has 27 heavy (non-hydrogen) atoms. The lowest BCUT2D eigenvalue weighted by atomic mass is 9.94. The van der Waals surface area contributed by atoms with E-state index in [1.807, 2.05) is 0 Å². The first-order valence-corrected chi connectivity index (χ1v) is 9.30. The van der Waals surface area contributed by atoms with Gasteiger partial charge in [0.15, 0.2) is 5.78 Å². The summed E-state index contributed by atoms with van der Waals surface area (Å²) in [6.45, 7) is 2.47. The number of carboxylic acid groups (broad SMARTS) is 1. The number of likely N-dealkylation sites (tertiary alicyclic amines) is 1. The van der Waals surface area contributed by atoms with E-state index in [1.54, 1.807) is 18.9 Å². The number of carbonyl (C=O) groups excluding carboxylic acids is 3. The second kappa shape index (κ2) is 7.54. The van der Waals surface area contributed by atoms with Crippen LogP contribution in [0.25, 0.3) is 0 Å². The number of aliphatic carboxylic acids is 1. The molecule has 2 N–H and O–H groups in total. The number of rotatable bonds is 4. The Balaban J connectivity index is 1.64. The highest BCUT2D eigenvalue weighted by Crippen LogP contribution is 2.27. The second-order valence-electron chi connectivity index (χ2n) is 7.41. The third kappa shape index (κ3) is 3.74. The lowest BCUT2D eigenvalue weighted by Crippen LogP contribution is -2.45. The number of carbonyl (C=O) groups is 4. The number of H-pyrrole nitrogens is 1. The molecule has 1 aromatic heterocycles. The zero-order chi connectivity index (χ0) is 19.7. The van der Waals surface area contributed by atoms with Crippen LogP contribution in [0.3, 0.4) is 0 Å². The van der Waals surface area contributed by atoms with Crippen molar-refractivity contribution in [2.24, 2.45) is 5.92 Å². The zero-order valence-corrected chi connectivity index (χ0v) is 15.7. The van der Waals surface area contributed by atoms with E-state index in [0.717, 1.165) is 18.5 Å². The van der Waals surface area contributed by atoms with Gasteiger partial charge in [0.25, 0.3) is 5.91 Å². The molecule has 2 aliphatic rings. The van der Waals surface area contributed by atoms with Gasteiger partial charge in [-0.3, -0.25) is 19.2 Å². The van der Waals surface area contributed by atoms with Gasteiger partial charge in [-0.15, -0.1) is 0 Å². The van der Waals surface area contributed by atoms with Crippen LogP contribution in [0.1, 0.15) is 57.8 Å². The highest BCUT2D eigenvalue weighted by molar-refractivity contribution is 6.04. The first-order valence-electron chi connectivity index (χ1n) is 9.30. The third-order valence-electron chi connectivity index (χ3n) is 5.57. The summed E-state index contributed by atoms with van der Waals surface area (Å²) in [6, 6.07) is 0. The Morgan fingerprint density at radius 3 is 2.48 bits per heavy atom. The second-order valence-corrected chi connectivity index (χ2v) is 7.41. The Labute approximate surface area is 157 Å². The van der Waals surface area contributed by atoms with Gasteiger partial charge in [-0.05, 0) is 38.2 Å². The minimum absolute atomic E-state index is 0.0593. The monoisotopic (exact) mass is 375 g/mol. The number of piperidine rings is 1. The van der Waals surface area contributed by atoms with Crippen molar-refractivity contribution in [2.75, 3.05) is 26.7 Å². The fourth-order valence-electron chi connectivity index (χ4n) is 3.93. The summed E-state index contributed by atoms with van der Waals surface area (Å²) in [4.78, 5) is 54.4. The molecule has 1 aromatic rings. The summed E-state index contributed by atoms with van der Waals surface area (Å²) >= 11 is 0. The first kappa shape index (κ1) is 19.1. The maximum atomic E-state index is 12.8. The van der Waals surface area contributed by atoms with Crippen molar-refractivity contribution in [2.45, 2.75) is 39.0 Å². The Bertz CT molecular complexity index is 790. The number of aromatic nitrogens is 1. The predicted molar refractivity (Wildman–Crippen MR) is 96.7 cm³/mol. The van der Waals surface area contributed by atoms with E-state index in [0.29, 0.717) is 49.2 Å². The van der Waals surface area contributed by atoms with Crippen molar-refractivity contribution in [3.63, 3.8) is 0 Å². The minimum Gasteiger partial charge on any atom is -0.481 e. The average Bonchev–Trinajstić information content (AvgIpc) is 2.99. The summed E-state index contributed by atoms with van der Waals surface area (Å²) in [6.07, 6.45) is 2.89. The molecule has 1 aliphatic carbocycles. The van der Waals surface area contributed by atoms with Crippen LogP contribution in [-0.4, -0.2) is 70.1 Å². The number of ketones is 1. The molecule has 0 saturated carbocycles. The zero-order valence-electron chi connectivity index (χ0n) is 15.7. The summed E-state index contributed by atoms with van der Waals surface area (Å²) in [5.41, 5.74) is 2.46.